The fourth-order valence-corrected chi connectivity index (χ4v) is 1.91. The maximum absolute atomic E-state index is 10.5. The van der Waals surface area contributed by atoms with E-state index in [0.717, 1.165) is 18.4 Å². The van der Waals surface area contributed by atoms with Gasteiger partial charge in [-0.05, 0) is 24.0 Å². The van der Waals surface area contributed by atoms with Crippen LogP contribution < -0.4 is 0 Å². The first-order valence-electron chi connectivity index (χ1n) is 5.23. The van der Waals surface area contributed by atoms with Gasteiger partial charge in [-0.25, -0.2) is 8.42 Å². The minimum atomic E-state index is -2.31. The molecule has 0 atom stereocenters. The Hall–Kier alpha value is -0.830. The van der Waals surface area contributed by atoms with Crippen molar-refractivity contribution in [3.8, 4) is 0 Å². The molecule has 0 saturated carbocycles. The molecule has 0 amide bonds. The molecule has 0 aliphatic heterocycles. The first kappa shape index (κ1) is 12.2. The van der Waals surface area contributed by atoms with Gasteiger partial charge in [0.1, 0.15) is 10.7 Å². The van der Waals surface area contributed by atoms with E-state index in [9.17, 15) is 8.42 Å². The monoisotopic (exact) mass is 225 g/mol. The van der Waals surface area contributed by atoms with E-state index in [2.05, 4.69) is 13.3 Å². The van der Waals surface area contributed by atoms with Crippen LogP contribution in [0.15, 0.2) is 24.3 Å². The minimum Gasteiger partial charge on any atom is -0.232 e. The summed E-state index contributed by atoms with van der Waals surface area (Å²) in [5.41, 5.74) is 2.11. The lowest BCUT2D eigenvalue weighted by Gasteiger charge is -2.01. The van der Waals surface area contributed by atoms with Crippen molar-refractivity contribution < 1.29 is 8.42 Å². The molecule has 2 nitrogen and oxygen atoms in total. The van der Waals surface area contributed by atoms with Crippen molar-refractivity contribution in [3.63, 3.8) is 0 Å². The van der Waals surface area contributed by atoms with Crippen molar-refractivity contribution in [1.82, 2.24) is 0 Å². The van der Waals surface area contributed by atoms with E-state index in [1.165, 1.54) is 12.0 Å². The summed E-state index contributed by atoms with van der Waals surface area (Å²) in [7, 11) is -2.31. The molecule has 83 valence electrons. The van der Waals surface area contributed by atoms with Crippen LogP contribution in [0.1, 0.15) is 30.9 Å². The average molecular weight is 225 g/mol. The topological polar surface area (TPSA) is 34.1 Å². The predicted molar refractivity (Wildman–Crippen MR) is 63.4 cm³/mol. The van der Waals surface area contributed by atoms with E-state index in [-0.39, 0.29) is 5.75 Å². The summed E-state index contributed by atoms with van der Waals surface area (Å²) in [5, 5.41) is 0. The minimum absolute atomic E-state index is 0.147. The molecule has 0 heterocycles. The molecule has 1 rings (SSSR count). The molecule has 0 aromatic heterocycles. The van der Waals surface area contributed by atoms with Crippen LogP contribution in [-0.2, 0) is 22.9 Å². The Balaban J connectivity index is 2.48. The summed E-state index contributed by atoms with van der Waals surface area (Å²) >= 11 is 0. The standard InChI is InChI=1S/C12H17O2S/c1-2-3-4-5-11-6-8-12(9-7-11)10-15(13)14/h4,6-9,15H,2-3,5,10H2,1H3. The predicted octanol–water partition coefficient (Wildman–Crippen LogP) is 2.34. The Morgan fingerprint density at radius 2 is 1.73 bits per heavy atom. The Morgan fingerprint density at radius 3 is 2.27 bits per heavy atom. The second-order valence-electron chi connectivity index (χ2n) is 3.59. The summed E-state index contributed by atoms with van der Waals surface area (Å²) in [6, 6.07) is 7.78. The zero-order chi connectivity index (χ0) is 11.1. The third-order valence-corrected chi connectivity index (χ3v) is 2.83. The highest BCUT2D eigenvalue weighted by Crippen LogP contribution is 2.08. The molecule has 0 unspecified atom stereocenters. The van der Waals surface area contributed by atoms with Gasteiger partial charge in [0.05, 0.1) is 5.75 Å². The first-order chi connectivity index (χ1) is 7.22. The molecule has 1 aromatic rings. The summed E-state index contributed by atoms with van der Waals surface area (Å²) in [6.07, 6.45) is 5.53. The van der Waals surface area contributed by atoms with Gasteiger partial charge in [-0.2, -0.15) is 0 Å². The van der Waals surface area contributed by atoms with Crippen LogP contribution in [-0.4, -0.2) is 8.42 Å². The van der Waals surface area contributed by atoms with E-state index >= 15 is 0 Å². The van der Waals surface area contributed by atoms with Crippen LogP contribution in [0.3, 0.4) is 0 Å². The molecule has 15 heavy (non-hydrogen) atoms. The van der Waals surface area contributed by atoms with Crippen molar-refractivity contribution >= 4 is 10.7 Å². The smallest absolute Gasteiger partial charge is 0.144 e. The molecule has 1 radical (unpaired) electrons. The van der Waals surface area contributed by atoms with E-state index < -0.39 is 10.7 Å². The normalized spacial score (nSPS) is 10.8. The van der Waals surface area contributed by atoms with Gasteiger partial charge in [0.2, 0.25) is 0 Å². The highest BCUT2D eigenvalue weighted by atomic mass is 32.2. The van der Waals surface area contributed by atoms with Gasteiger partial charge in [0.25, 0.3) is 0 Å². The molecule has 0 spiro atoms. The number of thiol groups is 1. The molecule has 1 aromatic carbocycles. The van der Waals surface area contributed by atoms with Crippen molar-refractivity contribution in [2.45, 2.75) is 31.9 Å². The van der Waals surface area contributed by atoms with Crippen LogP contribution in [0.2, 0.25) is 0 Å². The van der Waals surface area contributed by atoms with Gasteiger partial charge in [0, 0.05) is 0 Å². The molecular weight excluding hydrogens is 208 g/mol. The number of hydrogen-bond donors (Lipinski definition) is 1. The van der Waals surface area contributed by atoms with Gasteiger partial charge in [-0.15, -0.1) is 0 Å². The van der Waals surface area contributed by atoms with Crippen molar-refractivity contribution in [2.24, 2.45) is 0 Å². The van der Waals surface area contributed by atoms with Crippen molar-refractivity contribution in [1.29, 1.82) is 0 Å². The van der Waals surface area contributed by atoms with Crippen LogP contribution in [0.5, 0.6) is 0 Å². The zero-order valence-corrected chi connectivity index (χ0v) is 9.87. The lowest BCUT2D eigenvalue weighted by atomic mass is 10.1. The second-order valence-corrected chi connectivity index (χ2v) is 4.57. The highest BCUT2D eigenvalue weighted by molar-refractivity contribution is 7.71. The van der Waals surface area contributed by atoms with Crippen LogP contribution in [0.25, 0.3) is 0 Å². The van der Waals surface area contributed by atoms with E-state index in [1.807, 2.05) is 24.3 Å². The third-order valence-electron chi connectivity index (χ3n) is 2.21. The number of hydrogen-bond acceptors (Lipinski definition) is 2. The third kappa shape index (κ3) is 4.98. The summed E-state index contributed by atoms with van der Waals surface area (Å²) in [4.78, 5) is 0. The van der Waals surface area contributed by atoms with E-state index in [1.54, 1.807) is 0 Å². The molecule has 3 heteroatoms. The van der Waals surface area contributed by atoms with E-state index in [0.29, 0.717) is 0 Å². The first-order valence-corrected chi connectivity index (χ1v) is 6.60. The molecule has 0 aliphatic rings. The van der Waals surface area contributed by atoms with Crippen LogP contribution in [0, 0.1) is 6.42 Å². The maximum atomic E-state index is 10.5. The average Bonchev–Trinajstić information content (AvgIpc) is 2.20. The van der Waals surface area contributed by atoms with Gasteiger partial charge >= 0.3 is 0 Å². The number of benzene rings is 1. The molecule has 0 N–H and O–H groups in total. The zero-order valence-electron chi connectivity index (χ0n) is 8.98. The number of rotatable bonds is 6. The summed E-state index contributed by atoms with van der Waals surface area (Å²) in [5.74, 6) is 0.147. The lowest BCUT2D eigenvalue weighted by molar-refractivity contribution is 0.614. The molecule has 0 fully saturated rings. The largest absolute Gasteiger partial charge is 0.232 e. The van der Waals surface area contributed by atoms with Crippen LogP contribution in [0.4, 0.5) is 0 Å². The Morgan fingerprint density at radius 1 is 1.13 bits per heavy atom. The van der Waals surface area contributed by atoms with Gasteiger partial charge in [0.15, 0.2) is 0 Å². The maximum Gasteiger partial charge on any atom is 0.144 e. The molecule has 0 saturated heterocycles. The quantitative estimate of drug-likeness (QED) is 0.595. The molecule has 0 aliphatic carbocycles. The molecule has 0 bridgehead atoms. The Kier molecular flexibility index (Phi) is 5.40. The Labute approximate surface area is 93.3 Å². The van der Waals surface area contributed by atoms with Gasteiger partial charge in [-0.1, -0.05) is 44.0 Å². The SMILES string of the molecule is CCC[CH]Cc1ccc(C[SH](=O)=O)cc1. The number of unbranched alkanes of at least 4 members (excludes halogenated alkanes) is 2. The van der Waals surface area contributed by atoms with Crippen LogP contribution >= 0.6 is 0 Å². The lowest BCUT2D eigenvalue weighted by Crippen LogP contribution is -1.89. The summed E-state index contributed by atoms with van der Waals surface area (Å²) < 4.78 is 21.0. The molecular formula is C12H17O2S. The fraction of sp³-hybridized carbons (Fsp3) is 0.417. The van der Waals surface area contributed by atoms with Crippen molar-refractivity contribution in [2.75, 3.05) is 0 Å². The van der Waals surface area contributed by atoms with Crippen molar-refractivity contribution in [3.05, 3.63) is 41.8 Å². The van der Waals surface area contributed by atoms with Gasteiger partial charge < -0.3 is 0 Å². The second kappa shape index (κ2) is 6.62. The highest BCUT2D eigenvalue weighted by Gasteiger charge is 1.96. The summed E-state index contributed by atoms with van der Waals surface area (Å²) in [6.45, 7) is 2.16. The Bertz CT molecular complexity index is 344. The fourth-order valence-electron chi connectivity index (χ4n) is 1.40. The van der Waals surface area contributed by atoms with E-state index in [4.69, 9.17) is 0 Å². The van der Waals surface area contributed by atoms with Gasteiger partial charge in [-0.3, -0.25) is 0 Å².